The minimum atomic E-state index is -4.81. The Kier molecular flexibility index (Phi) is 4.38. The van der Waals surface area contributed by atoms with Crippen LogP contribution in [-0.2, 0) is 10.9 Å². The number of nitrogens with zero attached hydrogens (tertiary/aromatic N) is 3. The summed E-state index contributed by atoms with van der Waals surface area (Å²) in [5.74, 6) is -1.08. The van der Waals surface area contributed by atoms with E-state index in [9.17, 15) is 18.0 Å². The smallest absolute Gasteiger partial charge is 0.434 e. The van der Waals surface area contributed by atoms with Gasteiger partial charge in [0.25, 0.3) is 0 Å². The van der Waals surface area contributed by atoms with Gasteiger partial charge in [0.1, 0.15) is 10.7 Å². The van der Waals surface area contributed by atoms with E-state index in [0.29, 0.717) is 15.5 Å². The summed E-state index contributed by atoms with van der Waals surface area (Å²) in [6.45, 7) is 1.46. The number of fused-ring (bicyclic) bond motifs is 1. The Morgan fingerprint density at radius 2 is 2.04 bits per heavy atom. The molecule has 0 N–H and O–H groups in total. The minimum Gasteiger partial charge on any atom is -0.462 e. The van der Waals surface area contributed by atoms with Crippen LogP contribution in [0.2, 0.25) is 5.15 Å². The SMILES string of the molecule is CCOC(=O)c1cnn(-c2cccc3c(Cl)nccc23)c1C(F)(F)F. The molecule has 0 saturated carbocycles. The van der Waals surface area contributed by atoms with Gasteiger partial charge in [0.2, 0.25) is 0 Å². The molecule has 0 unspecified atom stereocenters. The Balaban J connectivity index is 2.29. The molecule has 0 aliphatic carbocycles. The molecule has 0 saturated heterocycles. The summed E-state index contributed by atoms with van der Waals surface area (Å²) in [6.07, 6.45) is -2.57. The van der Waals surface area contributed by atoms with Crippen LogP contribution < -0.4 is 0 Å². The molecule has 0 spiro atoms. The minimum absolute atomic E-state index is 0.0448. The van der Waals surface area contributed by atoms with Crippen LogP contribution in [0.5, 0.6) is 0 Å². The fourth-order valence-corrected chi connectivity index (χ4v) is 2.72. The fourth-order valence-electron chi connectivity index (χ4n) is 2.50. The van der Waals surface area contributed by atoms with Crippen LogP contribution in [0.3, 0.4) is 0 Å². The number of ether oxygens (including phenoxy) is 1. The first-order chi connectivity index (χ1) is 11.8. The first-order valence-corrected chi connectivity index (χ1v) is 7.58. The van der Waals surface area contributed by atoms with E-state index in [2.05, 4.69) is 10.1 Å². The summed E-state index contributed by atoms with van der Waals surface area (Å²) in [5.41, 5.74) is -1.72. The van der Waals surface area contributed by atoms with Crippen molar-refractivity contribution in [2.45, 2.75) is 13.1 Å². The Morgan fingerprint density at radius 1 is 1.28 bits per heavy atom. The highest BCUT2D eigenvalue weighted by Gasteiger charge is 2.41. The molecule has 3 aromatic rings. The highest BCUT2D eigenvalue weighted by atomic mass is 35.5. The predicted molar refractivity (Wildman–Crippen MR) is 84.8 cm³/mol. The molecule has 5 nitrogen and oxygen atoms in total. The molecular weight excluding hydrogens is 359 g/mol. The van der Waals surface area contributed by atoms with E-state index in [1.165, 1.54) is 31.3 Å². The number of carbonyl (C=O) groups excluding carboxylic acids is 1. The van der Waals surface area contributed by atoms with E-state index < -0.39 is 23.4 Å². The molecule has 2 aromatic heterocycles. The van der Waals surface area contributed by atoms with Gasteiger partial charge < -0.3 is 4.74 Å². The zero-order chi connectivity index (χ0) is 18.2. The van der Waals surface area contributed by atoms with E-state index >= 15 is 0 Å². The Morgan fingerprint density at radius 3 is 2.72 bits per heavy atom. The monoisotopic (exact) mass is 369 g/mol. The zero-order valence-corrected chi connectivity index (χ0v) is 13.6. The van der Waals surface area contributed by atoms with E-state index in [4.69, 9.17) is 16.3 Å². The van der Waals surface area contributed by atoms with Crippen molar-refractivity contribution < 1.29 is 22.7 Å². The van der Waals surface area contributed by atoms with E-state index in [1.807, 2.05) is 0 Å². The van der Waals surface area contributed by atoms with Crippen molar-refractivity contribution >= 4 is 28.3 Å². The van der Waals surface area contributed by atoms with Crippen molar-refractivity contribution in [1.82, 2.24) is 14.8 Å². The third-order valence-electron chi connectivity index (χ3n) is 3.50. The lowest BCUT2D eigenvalue weighted by molar-refractivity contribution is -0.143. The maximum absolute atomic E-state index is 13.6. The van der Waals surface area contributed by atoms with Gasteiger partial charge >= 0.3 is 12.1 Å². The molecule has 0 atom stereocenters. The number of rotatable bonds is 3. The van der Waals surface area contributed by atoms with Gasteiger partial charge in [-0.25, -0.2) is 14.5 Å². The maximum atomic E-state index is 13.6. The molecule has 0 aliphatic rings. The van der Waals surface area contributed by atoms with Gasteiger partial charge in [0.05, 0.1) is 18.5 Å². The molecule has 0 fully saturated rings. The number of alkyl halides is 3. The zero-order valence-electron chi connectivity index (χ0n) is 12.8. The van der Waals surface area contributed by atoms with Crippen molar-refractivity contribution in [3.05, 3.63) is 53.1 Å². The molecule has 9 heteroatoms. The van der Waals surface area contributed by atoms with Crippen LogP contribution in [0, 0.1) is 0 Å². The van der Waals surface area contributed by atoms with Crippen LogP contribution in [0.15, 0.2) is 36.7 Å². The molecule has 0 bridgehead atoms. The Bertz CT molecular complexity index is 953. The fraction of sp³-hybridized carbons (Fsp3) is 0.188. The third-order valence-corrected chi connectivity index (χ3v) is 3.80. The molecule has 1 aromatic carbocycles. The van der Waals surface area contributed by atoms with E-state index in [-0.39, 0.29) is 17.4 Å². The van der Waals surface area contributed by atoms with Crippen molar-refractivity contribution in [1.29, 1.82) is 0 Å². The first-order valence-electron chi connectivity index (χ1n) is 7.20. The van der Waals surface area contributed by atoms with Gasteiger partial charge in [-0.3, -0.25) is 0 Å². The van der Waals surface area contributed by atoms with Crippen LogP contribution >= 0.6 is 11.6 Å². The second kappa shape index (κ2) is 6.36. The van der Waals surface area contributed by atoms with Gasteiger partial charge in [-0.2, -0.15) is 18.3 Å². The van der Waals surface area contributed by atoms with Crippen LogP contribution in [0.4, 0.5) is 13.2 Å². The quantitative estimate of drug-likeness (QED) is 0.511. The van der Waals surface area contributed by atoms with Crippen LogP contribution in [-0.4, -0.2) is 27.3 Å². The largest absolute Gasteiger partial charge is 0.462 e. The Hall–Kier alpha value is -2.61. The second-order valence-electron chi connectivity index (χ2n) is 5.01. The molecule has 0 aliphatic heterocycles. The van der Waals surface area contributed by atoms with Gasteiger partial charge in [-0.1, -0.05) is 23.7 Å². The number of esters is 1. The van der Waals surface area contributed by atoms with Gasteiger partial charge in [-0.15, -0.1) is 0 Å². The van der Waals surface area contributed by atoms with Crippen molar-refractivity contribution in [2.75, 3.05) is 6.61 Å². The highest BCUT2D eigenvalue weighted by molar-refractivity contribution is 6.34. The molecule has 3 rings (SSSR count). The van der Waals surface area contributed by atoms with Crippen LogP contribution in [0.25, 0.3) is 16.5 Å². The normalized spacial score (nSPS) is 11.7. The molecule has 0 amide bonds. The number of halogens is 4. The number of aromatic nitrogens is 3. The van der Waals surface area contributed by atoms with E-state index in [1.54, 1.807) is 6.07 Å². The Labute approximate surface area is 145 Å². The maximum Gasteiger partial charge on any atom is 0.434 e. The summed E-state index contributed by atoms with van der Waals surface area (Å²) in [7, 11) is 0. The highest BCUT2D eigenvalue weighted by Crippen LogP contribution is 2.36. The average molecular weight is 370 g/mol. The lowest BCUT2D eigenvalue weighted by atomic mass is 10.1. The molecule has 2 heterocycles. The summed E-state index contributed by atoms with van der Waals surface area (Å²) in [4.78, 5) is 15.8. The molecular formula is C16H11ClF3N3O2. The molecule has 25 heavy (non-hydrogen) atoms. The lowest BCUT2D eigenvalue weighted by Gasteiger charge is -2.14. The third kappa shape index (κ3) is 3.05. The summed E-state index contributed by atoms with van der Waals surface area (Å²) < 4.78 is 46.2. The number of hydrogen-bond donors (Lipinski definition) is 0. The molecule has 130 valence electrons. The van der Waals surface area contributed by atoms with Gasteiger partial charge in [-0.05, 0) is 19.1 Å². The standard InChI is InChI=1S/C16H11ClF3N3O2/c1-2-25-15(24)11-8-22-23(13(11)16(18,19)20)12-5-3-4-10-9(12)6-7-21-14(10)17/h3-8H,2H2,1H3. The number of hydrogen-bond acceptors (Lipinski definition) is 4. The lowest BCUT2D eigenvalue weighted by Crippen LogP contribution is -2.18. The number of pyridine rings is 1. The summed E-state index contributed by atoms with van der Waals surface area (Å²) in [5, 5.41) is 4.82. The topological polar surface area (TPSA) is 57.0 Å². The predicted octanol–water partition coefficient (Wildman–Crippen LogP) is 4.27. The van der Waals surface area contributed by atoms with Crippen molar-refractivity contribution in [2.24, 2.45) is 0 Å². The van der Waals surface area contributed by atoms with Gasteiger partial charge in [0.15, 0.2) is 5.69 Å². The van der Waals surface area contributed by atoms with Crippen molar-refractivity contribution in [3.63, 3.8) is 0 Å². The summed E-state index contributed by atoms with van der Waals surface area (Å²) >= 11 is 6.01. The number of benzene rings is 1. The van der Waals surface area contributed by atoms with Crippen LogP contribution in [0.1, 0.15) is 23.0 Å². The number of carbonyl (C=O) groups is 1. The first kappa shape index (κ1) is 17.2. The molecule has 0 radical (unpaired) electrons. The van der Waals surface area contributed by atoms with Gasteiger partial charge in [0, 0.05) is 17.0 Å². The van der Waals surface area contributed by atoms with E-state index in [0.717, 1.165) is 6.20 Å². The van der Waals surface area contributed by atoms with Crippen molar-refractivity contribution in [3.8, 4) is 5.69 Å². The second-order valence-corrected chi connectivity index (χ2v) is 5.37. The summed E-state index contributed by atoms with van der Waals surface area (Å²) in [6, 6.07) is 6.16. The average Bonchev–Trinajstić information content (AvgIpc) is 3.00.